The van der Waals surface area contributed by atoms with Crippen molar-refractivity contribution in [3.05, 3.63) is 38.7 Å². The SMILES string of the molecule is Cc1c(Br)c(=O)oc2c(O)cccc12. The molecule has 1 aromatic carbocycles. The molecule has 0 saturated heterocycles. The van der Waals surface area contributed by atoms with Crippen molar-refractivity contribution in [2.45, 2.75) is 6.92 Å². The first-order chi connectivity index (χ1) is 6.61. The fourth-order valence-corrected chi connectivity index (χ4v) is 1.63. The zero-order valence-corrected chi connectivity index (χ0v) is 8.96. The molecule has 1 heterocycles. The molecular weight excluding hydrogens is 248 g/mol. The van der Waals surface area contributed by atoms with Crippen LogP contribution in [0, 0.1) is 6.92 Å². The van der Waals surface area contributed by atoms with Crippen LogP contribution in [0.2, 0.25) is 0 Å². The molecule has 3 nitrogen and oxygen atoms in total. The van der Waals surface area contributed by atoms with Crippen molar-refractivity contribution >= 4 is 26.9 Å². The van der Waals surface area contributed by atoms with Crippen molar-refractivity contribution in [3.63, 3.8) is 0 Å². The molecule has 0 unspecified atom stereocenters. The van der Waals surface area contributed by atoms with Gasteiger partial charge in [-0.15, -0.1) is 0 Å². The third-order valence-corrected chi connectivity index (χ3v) is 3.02. The van der Waals surface area contributed by atoms with E-state index in [1.54, 1.807) is 19.1 Å². The van der Waals surface area contributed by atoms with Crippen LogP contribution in [0.25, 0.3) is 11.0 Å². The third-order valence-electron chi connectivity index (χ3n) is 2.10. The Hall–Kier alpha value is -1.29. The molecule has 4 heteroatoms. The molecule has 72 valence electrons. The second-order valence-electron chi connectivity index (χ2n) is 2.98. The molecule has 0 aliphatic carbocycles. The third kappa shape index (κ3) is 1.23. The summed E-state index contributed by atoms with van der Waals surface area (Å²) >= 11 is 3.14. The lowest BCUT2D eigenvalue weighted by Crippen LogP contribution is -2.02. The van der Waals surface area contributed by atoms with Gasteiger partial charge >= 0.3 is 5.63 Å². The second kappa shape index (κ2) is 3.13. The molecule has 0 aliphatic heterocycles. The zero-order valence-electron chi connectivity index (χ0n) is 7.37. The van der Waals surface area contributed by atoms with Gasteiger partial charge in [0.15, 0.2) is 11.3 Å². The fraction of sp³-hybridized carbons (Fsp3) is 0.100. The van der Waals surface area contributed by atoms with Gasteiger partial charge in [0.1, 0.15) is 4.47 Å². The fourth-order valence-electron chi connectivity index (χ4n) is 1.34. The standard InChI is InChI=1S/C10H7BrO3/c1-5-6-3-2-4-7(12)9(6)14-10(13)8(5)11/h2-4,12H,1H3. The Kier molecular flexibility index (Phi) is 2.07. The van der Waals surface area contributed by atoms with E-state index in [4.69, 9.17) is 4.42 Å². The van der Waals surface area contributed by atoms with E-state index in [-0.39, 0.29) is 11.3 Å². The number of fused-ring (bicyclic) bond motifs is 1. The van der Waals surface area contributed by atoms with Crippen LogP contribution >= 0.6 is 15.9 Å². The van der Waals surface area contributed by atoms with Gasteiger partial charge in [0.05, 0.1) is 0 Å². The zero-order chi connectivity index (χ0) is 10.3. The highest BCUT2D eigenvalue weighted by Crippen LogP contribution is 2.28. The molecule has 2 aromatic rings. The number of halogens is 1. The van der Waals surface area contributed by atoms with Crippen LogP contribution in [0.4, 0.5) is 0 Å². The highest BCUT2D eigenvalue weighted by atomic mass is 79.9. The molecule has 0 atom stereocenters. The normalized spacial score (nSPS) is 10.7. The maximum Gasteiger partial charge on any atom is 0.351 e. The van der Waals surface area contributed by atoms with Gasteiger partial charge in [-0.3, -0.25) is 0 Å². The van der Waals surface area contributed by atoms with Gasteiger partial charge in [0.2, 0.25) is 0 Å². The molecule has 0 aliphatic rings. The quantitative estimate of drug-likeness (QED) is 0.736. The Morgan fingerprint density at radius 1 is 1.43 bits per heavy atom. The van der Waals surface area contributed by atoms with Gasteiger partial charge in [-0.2, -0.15) is 0 Å². The summed E-state index contributed by atoms with van der Waals surface area (Å²) in [5, 5.41) is 10.2. The number of benzene rings is 1. The molecule has 2 rings (SSSR count). The number of aromatic hydroxyl groups is 1. The summed E-state index contributed by atoms with van der Waals surface area (Å²) in [5.74, 6) is -0.0183. The van der Waals surface area contributed by atoms with Crippen molar-refractivity contribution in [3.8, 4) is 5.75 Å². The van der Waals surface area contributed by atoms with Crippen molar-refractivity contribution < 1.29 is 9.52 Å². The lowest BCUT2D eigenvalue weighted by atomic mass is 10.1. The summed E-state index contributed by atoms with van der Waals surface area (Å²) in [6, 6.07) is 4.98. The molecule has 0 fully saturated rings. The first-order valence-electron chi connectivity index (χ1n) is 4.02. The molecule has 0 bridgehead atoms. The van der Waals surface area contributed by atoms with Crippen LogP contribution in [0.5, 0.6) is 5.75 Å². The number of hydrogen-bond acceptors (Lipinski definition) is 3. The summed E-state index contributed by atoms with van der Waals surface area (Å²) in [5.41, 5.74) is 0.529. The number of hydrogen-bond donors (Lipinski definition) is 1. The van der Waals surface area contributed by atoms with Gasteiger partial charge in [0, 0.05) is 5.39 Å². The molecule has 0 spiro atoms. The molecule has 0 amide bonds. The van der Waals surface area contributed by atoms with Crippen LogP contribution in [-0.4, -0.2) is 5.11 Å². The summed E-state index contributed by atoms with van der Waals surface area (Å²) in [4.78, 5) is 11.3. The second-order valence-corrected chi connectivity index (χ2v) is 3.78. The van der Waals surface area contributed by atoms with Gasteiger partial charge in [-0.25, -0.2) is 4.79 Å². The van der Waals surface area contributed by atoms with E-state index in [2.05, 4.69) is 15.9 Å². The van der Waals surface area contributed by atoms with Crippen LogP contribution < -0.4 is 5.63 Å². The van der Waals surface area contributed by atoms with Crippen LogP contribution in [0.15, 0.2) is 31.9 Å². The van der Waals surface area contributed by atoms with Crippen molar-refractivity contribution in [1.82, 2.24) is 0 Å². The van der Waals surface area contributed by atoms with Crippen LogP contribution in [-0.2, 0) is 0 Å². The van der Waals surface area contributed by atoms with Crippen molar-refractivity contribution in [2.24, 2.45) is 0 Å². The van der Waals surface area contributed by atoms with E-state index >= 15 is 0 Å². The average Bonchev–Trinajstić information content (AvgIpc) is 2.17. The number of phenolic OH excluding ortho intramolecular Hbond substituents is 1. The number of rotatable bonds is 0. The minimum atomic E-state index is -0.475. The average molecular weight is 255 g/mol. The highest BCUT2D eigenvalue weighted by molar-refractivity contribution is 9.10. The molecule has 0 saturated carbocycles. The van der Waals surface area contributed by atoms with Crippen LogP contribution in [0.1, 0.15) is 5.56 Å². The van der Waals surface area contributed by atoms with Gasteiger partial charge < -0.3 is 9.52 Å². The van der Waals surface area contributed by atoms with Crippen LogP contribution in [0.3, 0.4) is 0 Å². The molecule has 14 heavy (non-hydrogen) atoms. The summed E-state index contributed by atoms with van der Waals surface area (Å²) in [6.45, 7) is 1.79. The minimum absolute atomic E-state index is 0.0183. The van der Waals surface area contributed by atoms with E-state index in [9.17, 15) is 9.90 Å². The number of para-hydroxylation sites is 1. The van der Waals surface area contributed by atoms with Gasteiger partial charge in [0.25, 0.3) is 0 Å². The Bertz CT molecular complexity index is 557. The monoisotopic (exact) mass is 254 g/mol. The topological polar surface area (TPSA) is 50.4 Å². The van der Waals surface area contributed by atoms with E-state index in [1.165, 1.54) is 6.07 Å². The van der Waals surface area contributed by atoms with Crippen molar-refractivity contribution in [2.75, 3.05) is 0 Å². The van der Waals surface area contributed by atoms with E-state index in [0.717, 1.165) is 10.9 Å². The molecule has 1 N–H and O–H groups in total. The Balaban J connectivity index is 3.06. The Morgan fingerprint density at radius 3 is 2.86 bits per heavy atom. The van der Waals surface area contributed by atoms with E-state index in [1.807, 2.05) is 0 Å². The largest absolute Gasteiger partial charge is 0.504 e. The minimum Gasteiger partial charge on any atom is -0.504 e. The summed E-state index contributed by atoms with van der Waals surface area (Å²) in [6.07, 6.45) is 0. The van der Waals surface area contributed by atoms with E-state index < -0.39 is 5.63 Å². The van der Waals surface area contributed by atoms with Gasteiger partial charge in [-0.05, 0) is 34.5 Å². The first-order valence-corrected chi connectivity index (χ1v) is 4.81. The predicted octanol–water partition coefficient (Wildman–Crippen LogP) is 2.57. The van der Waals surface area contributed by atoms with E-state index in [0.29, 0.717) is 4.47 Å². The maximum atomic E-state index is 11.3. The Morgan fingerprint density at radius 2 is 2.14 bits per heavy atom. The summed E-state index contributed by atoms with van der Waals surface area (Å²) < 4.78 is 5.35. The lowest BCUT2D eigenvalue weighted by molar-refractivity contribution is 0.456. The number of phenols is 1. The molecule has 0 radical (unpaired) electrons. The maximum absolute atomic E-state index is 11.3. The van der Waals surface area contributed by atoms with Crippen molar-refractivity contribution in [1.29, 1.82) is 0 Å². The smallest absolute Gasteiger partial charge is 0.351 e. The summed E-state index contributed by atoms with van der Waals surface area (Å²) in [7, 11) is 0. The molecular formula is C10H7BrO3. The highest BCUT2D eigenvalue weighted by Gasteiger charge is 2.10. The first kappa shape index (κ1) is 9.27. The lowest BCUT2D eigenvalue weighted by Gasteiger charge is -2.03. The van der Waals surface area contributed by atoms with Gasteiger partial charge in [-0.1, -0.05) is 12.1 Å². The molecule has 1 aromatic heterocycles. The predicted molar refractivity (Wildman–Crippen MR) is 56.6 cm³/mol. The Labute approximate surface area is 88.1 Å². The number of aryl methyl sites for hydroxylation is 1.